The van der Waals surface area contributed by atoms with Gasteiger partial charge in [-0.25, -0.2) is 0 Å². The molecule has 57 heavy (non-hydrogen) atoms. The molecule has 20 nitrogen and oxygen atoms in total. The summed E-state index contributed by atoms with van der Waals surface area (Å²) in [6.45, 7) is 10.5. The molecule has 2 heterocycles. The molecular formula is C37H65N3O17. The van der Waals surface area contributed by atoms with Crippen molar-refractivity contribution in [3.8, 4) is 0 Å². The number of carbonyl (C=O) groups is 4. The molecule has 1 fully saturated rings. The van der Waals surface area contributed by atoms with E-state index in [1.54, 1.807) is 9.80 Å². The van der Waals surface area contributed by atoms with Gasteiger partial charge in [0.05, 0.1) is 178 Å². The van der Waals surface area contributed by atoms with Crippen molar-refractivity contribution in [3.05, 3.63) is 12.2 Å². The van der Waals surface area contributed by atoms with Gasteiger partial charge in [-0.15, -0.1) is 0 Å². The van der Waals surface area contributed by atoms with Crippen molar-refractivity contribution in [2.24, 2.45) is 0 Å². The lowest BCUT2D eigenvalue weighted by molar-refractivity contribution is -0.139. The SMILES string of the molecule is O=C(O)CN1CCOCCOCCOCCOCCN(C(=O)CCOCCOCCOCCOCCN2C(=O)C=CC2=O)CCOCCOCCOCCOCC1. The molecule has 0 radical (unpaired) electrons. The number of ether oxygens (including phenoxy) is 12. The average molecular weight is 824 g/mol. The van der Waals surface area contributed by atoms with Crippen LogP contribution < -0.4 is 0 Å². The largest absolute Gasteiger partial charge is 0.480 e. The number of nitrogens with zero attached hydrogens (tertiary/aromatic N) is 3. The van der Waals surface area contributed by atoms with Crippen LogP contribution in [0.4, 0.5) is 0 Å². The molecule has 3 amide bonds. The minimum absolute atomic E-state index is 0.0765. The zero-order valence-electron chi connectivity index (χ0n) is 33.4. The third kappa shape index (κ3) is 29.2. The molecule has 2 rings (SSSR count). The molecule has 2 aliphatic heterocycles. The van der Waals surface area contributed by atoms with E-state index in [4.69, 9.17) is 56.8 Å². The normalized spacial score (nSPS) is 19.8. The van der Waals surface area contributed by atoms with E-state index in [1.807, 2.05) is 0 Å². The van der Waals surface area contributed by atoms with E-state index in [-0.39, 0.29) is 50.4 Å². The lowest BCUT2D eigenvalue weighted by Gasteiger charge is -2.23. The summed E-state index contributed by atoms with van der Waals surface area (Å²) < 4.78 is 66.7. The van der Waals surface area contributed by atoms with Gasteiger partial charge in [0.2, 0.25) is 5.91 Å². The molecule has 0 aromatic heterocycles. The lowest BCUT2D eigenvalue weighted by Crippen LogP contribution is -2.37. The number of carboxylic acids is 1. The van der Waals surface area contributed by atoms with E-state index >= 15 is 0 Å². The molecule has 0 aromatic carbocycles. The summed E-state index contributed by atoms with van der Waals surface area (Å²) in [5.41, 5.74) is 0. The van der Waals surface area contributed by atoms with E-state index in [9.17, 15) is 24.3 Å². The van der Waals surface area contributed by atoms with Crippen LogP contribution in [0.3, 0.4) is 0 Å². The standard InChI is InChI=1S/C37H65N3O17/c41-34(3-9-46-15-21-52-27-28-57-26-20-51-14-8-40-35(42)1-2-36(40)43)39-6-12-49-18-24-55-31-29-53-22-16-47-10-4-38(33-37(44)45)5-11-48-17-23-54-30-32-56-25-19-50-13-7-39/h1-2H,3-33H2,(H,44,45). The quantitative estimate of drug-likeness (QED) is 0.134. The van der Waals surface area contributed by atoms with E-state index in [2.05, 4.69) is 0 Å². The van der Waals surface area contributed by atoms with Crippen molar-refractivity contribution in [1.82, 2.24) is 14.7 Å². The Morgan fingerprint density at radius 3 is 1.21 bits per heavy atom. The first kappa shape index (κ1) is 50.4. The van der Waals surface area contributed by atoms with Gasteiger partial charge in [0.1, 0.15) is 0 Å². The summed E-state index contributed by atoms with van der Waals surface area (Å²) in [5.74, 6) is -1.64. The third-order valence-corrected chi connectivity index (χ3v) is 7.99. The number of carboxylic acid groups (broad SMARTS) is 1. The molecule has 0 bridgehead atoms. The number of hydrogen-bond acceptors (Lipinski definition) is 17. The summed E-state index contributed by atoms with van der Waals surface area (Å²) in [6, 6.07) is 0. The van der Waals surface area contributed by atoms with Crippen molar-refractivity contribution in [2.75, 3.05) is 198 Å². The minimum atomic E-state index is -0.908. The van der Waals surface area contributed by atoms with E-state index in [0.717, 1.165) is 4.90 Å². The predicted molar refractivity (Wildman–Crippen MR) is 201 cm³/mol. The van der Waals surface area contributed by atoms with Crippen LogP contribution in [0.2, 0.25) is 0 Å². The number of rotatable bonds is 17. The highest BCUT2D eigenvalue weighted by Crippen LogP contribution is 2.02. The smallest absolute Gasteiger partial charge is 0.317 e. The fourth-order valence-corrected chi connectivity index (χ4v) is 4.97. The van der Waals surface area contributed by atoms with Gasteiger partial charge in [-0.05, 0) is 0 Å². The molecule has 0 atom stereocenters. The fraction of sp³-hybridized carbons (Fsp3) is 0.838. The highest BCUT2D eigenvalue weighted by Gasteiger charge is 2.22. The first-order valence-corrected chi connectivity index (χ1v) is 19.7. The zero-order chi connectivity index (χ0) is 40.9. The fourth-order valence-electron chi connectivity index (χ4n) is 4.97. The van der Waals surface area contributed by atoms with Gasteiger partial charge >= 0.3 is 5.97 Å². The topological polar surface area (TPSA) is 209 Å². The van der Waals surface area contributed by atoms with Gasteiger partial charge in [0.15, 0.2) is 0 Å². The molecule has 1 saturated heterocycles. The summed E-state index contributed by atoms with van der Waals surface area (Å²) in [7, 11) is 0. The number of imide groups is 1. The van der Waals surface area contributed by atoms with Crippen LogP contribution in [0.5, 0.6) is 0 Å². The van der Waals surface area contributed by atoms with Gasteiger partial charge in [-0.3, -0.25) is 29.0 Å². The predicted octanol–water partition coefficient (Wildman–Crippen LogP) is -1.27. The van der Waals surface area contributed by atoms with Crippen molar-refractivity contribution in [3.63, 3.8) is 0 Å². The molecule has 0 spiro atoms. The molecule has 20 heteroatoms. The highest BCUT2D eigenvalue weighted by atomic mass is 16.6. The van der Waals surface area contributed by atoms with E-state index < -0.39 is 5.97 Å². The van der Waals surface area contributed by atoms with Gasteiger partial charge < -0.3 is 66.8 Å². The maximum absolute atomic E-state index is 13.0. The van der Waals surface area contributed by atoms with Crippen molar-refractivity contribution >= 4 is 23.7 Å². The van der Waals surface area contributed by atoms with Gasteiger partial charge in [0.25, 0.3) is 11.8 Å². The maximum Gasteiger partial charge on any atom is 0.317 e. The lowest BCUT2D eigenvalue weighted by atomic mass is 10.3. The van der Waals surface area contributed by atoms with E-state index in [1.165, 1.54) is 12.2 Å². The second-order valence-corrected chi connectivity index (χ2v) is 12.3. The van der Waals surface area contributed by atoms with Crippen LogP contribution >= 0.6 is 0 Å². The van der Waals surface area contributed by atoms with Gasteiger partial charge in [0, 0.05) is 38.3 Å². The number of amides is 3. The molecule has 0 aliphatic carbocycles. The van der Waals surface area contributed by atoms with Crippen molar-refractivity contribution in [1.29, 1.82) is 0 Å². The van der Waals surface area contributed by atoms with Crippen LogP contribution in [-0.4, -0.2) is 241 Å². The second-order valence-electron chi connectivity index (χ2n) is 12.3. The Kier molecular flexibility index (Phi) is 32.2. The minimum Gasteiger partial charge on any atom is -0.480 e. The van der Waals surface area contributed by atoms with Crippen LogP contribution in [0.15, 0.2) is 12.2 Å². The number of aliphatic carboxylic acids is 1. The average Bonchev–Trinajstić information content (AvgIpc) is 3.51. The molecule has 330 valence electrons. The van der Waals surface area contributed by atoms with Crippen LogP contribution in [0.25, 0.3) is 0 Å². The Morgan fingerprint density at radius 2 is 0.825 bits per heavy atom. The van der Waals surface area contributed by atoms with Gasteiger partial charge in [-0.1, -0.05) is 0 Å². The summed E-state index contributed by atoms with van der Waals surface area (Å²) in [6.07, 6.45) is 2.68. The Bertz CT molecular complexity index is 1020. The summed E-state index contributed by atoms with van der Waals surface area (Å²) >= 11 is 0. The molecule has 1 N–H and O–H groups in total. The molecule has 0 aromatic rings. The third-order valence-electron chi connectivity index (χ3n) is 7.99. The molecule has 2 aliphatic rings. The maximum atomic E-state index is 13.0. The summed E-state index contributed by atoms with van der Waals surface area (Å²) in [4.78, 5) is 51.8. The first-order chi connectivity index (χ1) is 28.0. The number of carbonyl (C=O) groups excluding carboxylic acids is 3. The Balaban J connectivity index is 1.56. The second kappa shape index (κ2) is 36.4. The summed E-state index contributed by atoms with van der Waals surface area (Å²) in [5, 5.41) is 9.18. The van der Waals surface area contributed by atoms with Crippen LogP contribution in [-0.2, 0) is 76.0 Å². The van der Waals surface area contributed by atoms with Crippen LogP contribution in [0.1, 0.15) is 6.42 Å². The Morgan fingerprint density at radius 1 is 0.491 bits per heavy atom. The van der Waals surface area contributed by atoms with Crippen LogP contribution in [0, 0.1) is 0 Å². The first-order valence-electron chi connectivity index (χ1n) is 19.7. The van der Waals surface area contributed by atoms with E-state index in [0.29, 0.717) is 172 Å². The number of hydrogen-bond donors (Lipinski definition) is 1. The molecular weight excluding hydrogens is 758 g/mol. The monoisotopic (exact) mass is 823 g/mol. The Labute approximate surface area is 335 Å². The van der Waals surface area contributed by atoms with Gasteiger partial charge in [-0.2, -0.15) is 0 Å². The highest BCUT2D eigenvalue weighted by molar-refractivity contribution is 6.12. The zero-order valence-corrected chi connectivity index (χ0v) is 33.4. The molecule has 0 saturated carbocycles. The molecule has 0 unspecified atom stereocenters. The van der Waals surface area contributed by atoms with Crippen molar-refractivity contribution in [2.45, 2.75) is 6.42 Å². The Hall–Kier alpha value is -2.70. The van der Waals surface area contributed by atoms with Crippen molar-refractivity contribution < 1.29 is 81.1 Å².